The summed E-state index contributed by atoms with van der Waals surface area (Å²) >= 11 is 0. The van der Waals surface area contributed by atoms with Gasteiger partial charge in [0.25, 0.3) is 6.43 Å². The molecule has 0 aromatic carbocycles. The molecule has 2 rings (SSSR count). The minimum absolute atomic E-state index is 0.173. The molecule has 90 valence electrons. The van der Waals surface area contributed by atoms with E-state index in [1.165, 1.54) is 6.08 Å². The molecule has 1 aliphatic heterocycles. The van der Waals surface area contributed by atoms with Crippen LogP contribution in [-0.2, 0) is 0 Å². The molecule has 0 spiro atoms. The van der Waals surface area contributed by atoms with Gasteiger partial charge in [-0.2, -0.15) is 0 Å². The van der Waals surface area contributed by atoms with E-state index in [4.69, 9.17) is 0 Å². The number of aliphatic hydroxyl groups is 1. The number of hydrogen-bond donors (Lipinski definition) is 1. The molecule has 0 aromatic heterocycles. The summed E-state index contributed by atoms with van der Waals surface area (Å²) in [5.74, 6) is 0. The van der Waals surface area contributed by atoms with Crippen molar-refractivity contribution in [1.29, 1.82) is 0 Å². The van der Waals surface area contributed by atoms with Crippen molar-refractivity contribution in [1.82, 2.24) is 4.90 Å². The highest BCUT2D eigenvalue weighted by molar-refractivity contribution is 5.27. The highest BCUT2D eigenvalue weighted by Gasteiger charge is 2.42. The topological polar surface area (TPSA) is 23.5 Å². The van der Waals surface area contributed by atoms with Gasteiger partial charge in [-0.15, -0.1) is 0 Å². The molecule has 0 amide bonds. The third-order valence-electron chi connectivity index (χ3n) is 3.43. The van der Waals surface area contributed by atoms with Crippen LogP contribution in [0.4, 0.5) is 8.78 Å². The largest absolute Gasteiger partial charge is 0.390 e. The van der Waals surface area contributed by atoms with Crippen LogP contribution in [0.5, 0.6) is 0 Å². The van der Waals surface area contributed by atoms with Crippen LogP contribution in [0.25, 0.3) is 0 Å². The summed E-state index contributed by atoms with van der Waals surface area (Å²) in [6.45, 7) is 6.21. The lowest BCUT2D eigenvalue weighted by Crippen LogP contribution is -2.53. The second-order valence-corrected chi connectivity index (χ2v) is 5.01. The van der Waals surface area contributed by atoms with Gasteiger partial charge < -0.3 is 10.0 Å². The summed E-state index contributed by atoms with van der Waals surface area (Å²) < 4.78 is 24.9. The fourth-order valence-electron chi connectivity index (χ4n) is 2.53. The van der Waals surface area contributed by atoms with Gasteiger partial charge >= 0.3 is 0 Å². The van der Waals surface area contributed by atoms with Gasteiger partial charge in [-0.1, -0.05) is 6.58 Å². The first kappa shape index (κ1) is 11.6. The van der Waals surface area contributed by atoms with Gasteiger partial charge in [0, 0.05) is 18.3 Å². The molecule has 0 atom stereocenters. The Hall–Kier alpha value is -0.900. The molecule has 0 saturated heterocycles. The van der Waals surface area contributed by atoms with Gasteiger partial charge in [0.1, 0.15) is 0 Å². The first-order chi connectivity index (χ1) is 7.39. The van der Waals surface area contributed by atoms with E-state index in [1.807, 2.05) is 4.90 Å². The lowest BCUT2D eigenvalue weighted by molar-refractivity contribution is -0.0695. The maximum Gasteiger partial charge on any atom is 0.260 e. The molecule has 0 aromatic rings. The second-order valence-electron chi connectivity index (χ2n) is 5.01. The predicted molar refractivity (Wildman–Crippen MR) is 58.2 cm³/mol. The smallest absolute Gasteiger partial charge is 0.260 e. The SMILES string of the molecule is C=C1C=C(C(F)F)CCN1C1CC(C)(O)C1. The fourth-order valence-corrected chi connectivity index (χ4v) is 2.53. The number of allylic oxidation sites excluding steroid dienone is 1. The Labute approximate surface area is 94.2 Å². The Kier molecular flexibility index (Phi) is 2.78. The lowest BCUT2D eigenvalue weighted by atomic mass is 9.76. The van der Waals surface area contributed by atoms with Crippen LogP contribution in [0.2, 0.25) is 0 Å². The molecular formula is C12H17F2NO. The number of alkyl halides is 2. The van der Waals surface area contributed by atoms with E-state index in [0.717, 1.165) is 0 Å². The van der Waals surface area contributed by atoms with Gasteiger partial charge in [-0.3, -0.25) is 0 Å². The summed E-state index contributed by atoms with van der Waals surface area (Å²) in [4.78, 5) is 2.03. The van der Waals surface area contributed by atoms with Gasteiger partial charge in [0.2, 0.25) is 0 Å². The Morgan fingerprint density at radius 1 is 1.56 bits per heavy atom. The molecule has 1 heterocycles. The monoisotopic (exact) mass is 229 g/mol. The van der Waals surface area contributed by atoms with Crippen molar-refractivity contribution in [2.24, 2.45) is 0 Å². The van der Waals surface area contributed by atoms with Gasteiger partial charge in [0.05, 0.1) is 5.60 Å². The molecular weight excluding hydrogens is 212 g/mol. The third kappa shape index (κ3) is 2.12. The number of hydrogen-bond acceptors (Lipinski definition) is 2. The molecule has 0 bridgehead atoms. The van der Waals surface area contributed by atoms with Crippen molar-refractivity contribution in [2.75, 3.05) is 6.54 Å². The van der Waals surface area contributed by atoms with Crippen molar-refractivity contribution in [2.45, 2.75) is 44.3 Å². The average Bonchev–Trinajstić information content (AvgIpc) is 2.13. The Morgan fingerprint density at radius 2 is 2.19 bits per heavy atom. The minimum atomic E-state index is -2.37. The van der Waals surface area contributed by atoms with Crippen molar-refractivity contribution in [3.05, 3.63) is 23.9 Å². The van der Waals surface area contributed by atoms with E-state index < -0.39 is 12.0 Å². The quantitative estimate of drug-likeness (QED) is 0.785. The number of halogens is 2. The van der Waals surface area contributed by atoms with Crippen LogP contribution in [-0.4, -0.2) is 34.6 Å². The minimum Gasteiger partial charge on any atom is -0.390 e. The van der Waals surface area contributed by atoms with E-state index >= 15 is 0 Å². The zero-order valence-electron chi connectivity index (χ0n) is 9.42. The van der Waals surface area contributed by atoms with E-state index in [-0.39, 0.29) is 11.6 Å². The van der Waals surface area contributed by atoms with Gasteiger partial charge in [0.15, 0.2) is 0 Å². The summed E-state index contributed by atoms with van der Waals surface area (Å²) in [6, 6.07) is 0.262. The van der Waals surface area contributed by atoms with Crippen LogP contribution in [0.3, 0.4) is 0 Å². The molecule has 4 heteroatoms. The third-order valence-corrected chi connectivity index (χ3v) is 3.43. The molecule has 1 aliphatic carbocycles. The van der Waals surface area contributed by atoms with Gasteiger partial charge in [-0.25, -0.2) is 8.78 Å². The maximum atomic E-state index is 12.5. The van der Waals surface area contributed by atoms with E-state index in [0.29, 0.717) is 31.5 Å². The molecule has 16 heavy (non-hydrogen) atoms. The number of rotatable bonds is 2. The lowest BCUT2D eigenvalue weighted by Gasteiger charge is -2.49. The van der Waals surface area contributed by atoms with Gasteiger partial charge in [-0.05, 0) is 37.8 Å². The average molecular weight is 229 g/mol. The Morgan fingerprint density at radius 3 is 2.62 bits per heavy atom. The highest BCUT2D eigenvalue weighted by atomic mass is 19.3. The van der Waals surface area contributed by atoms with Crippen LogP contribution in [0, 0.1) is 0 Å². The highest BCUT2D eigenvalue weighted by Crippen LogP contribution is 2.38. The summed E-state index contributed by atoms with van der Waals surface area (Å²) in [5, 5.41) is 9.65. The van der Waals surface area contributed by atoms with Crippen molar-refractivity contribution in [3.63, 3.8) is 0 Å². The van der Waals surface area contributed by atoms with Crippen LogP contribution >= 0.6 is 0 Å². The summed E-state index contributed by atoms with van der Waals surface area (Å²) in [6.07, 6.45) is 0.910. The summed E-state index contributed by atoms with van der Waals surface area (Å²) in [7, 11) is 0. The zero-order valence-corrected chi connectivity index (χ0v) is 9.42. The molecule has 0 radical (unpaired) electrons. The molecule has 0 unspecified atom stereocenters. The summed E-state index contributed by atoms with van der Waals surface area (Å²) in [5.41, 5.74) is 0.242. The number of nitrogens with zero attached hydrogens (tertiary/aromatic N) is 1. The fraction of sp³-hybridized carbons (Fsp3) is 0.667. The van der Waals surface area contributed by atoms with Crippen molar-refractivity contribution >= 4 is 0 Å². The van der Waals surface area contributed by atoms with Crippen LogP contribution in [0.1, 0.15) is 26.2 Å². The maximum absolute atomic E-state index is 12.5. The molecule has 2 nitrogen and oxygen atoms in total. The molecule has 1 N–H and O–H groups in total. The second kappa shape index (κ2) is 3.84. The first-order valence-corrected chi connectivity index (χ1v) is 5.55. The van der Waals surface area contributed by atoms with Crippen LogP contribution < -0.4 is 0 Å². The van der Waals surface area contributed by atoms with Crippen LogP contribution in [0.15, 0.2) is 23.9 Å². The molecule has 1 fully saturated rings. The normalized spacial score (nSPS) is 35.1. The molecule has 2 aliphatic rings. The zero-order chi connectivity index (χ0) is 11.9. The van der Waals surface area contributed by atoms with E-state index in [2.05, 4.69) is 6.58 Å². The Balaban J connectivity index is 1.99. The Bertz CT molecular complexity index is 328. The predicted octanol–water partition coefficient (Wildman–Crippen LogP) is 2.31. The molecule has 1 saturated carbocycles. The van der Waals surface area contributed by atoms with E-state index in [1.54, 1.807) is 6.92 Å². The van der Waals surface area contributed by atoms with Crippen molar-refractivity contribution < 1.29 is 13.9 Å². The standard InChI is InChI=1S/C12H17F2NO/c1-8-5-9(11(13)14)3-4-15(8)10-6-12(2,16)7-10/h5,10-11,16H,1,3-4,6-7H2,2H3. The van der Waals surface area contributed by atoms with E-state index in [9.17, 15) is 13.9 Å². The van der Waals surface area contributed by atoms with Crippen molar-refractivity contribution in [3.8, 4) is 0 Å². The first-order valence-electron chi connectivity index (χ1n) is 5.55.